The lowest BCUT2D eigenvalue weighted by Crippen LogP contribution is -2.09. The fourth-order valence-corrected chi connectivity index (χ4v) is 3.96. The van der Waals surface area contributed by atoms with E-state index in [9.17, 15) is 4.79 Å². The maximum absolute atomic E-state index is 12.6. The molecule has 1 aromatic carbocycles. The molecule has 35 heavy (non-hydrogen) atoms. The first-order valence-corrected chi connectivity index (χ1v) is 13.2. The van der Waals surface area contributed by atoms with Gasteiger partial charge in [-0.25, -0.2) is 4.79 Å². The monoisotopic (exact) mass is 484 g/mol. The van der Waals surface area contributed by atoms with Gasteiger partial charge in [0.1, 0.15) is 6.61 Å². The third-order valence-corrected chi connectivity index (χ3v) is 6.02. The van der Waals surface area contributed by atoms with Gasteiger partial charge in [0, 0.05) is 0 Å². The minimum absolute atomic E-state index is 0.101. The Labute approximate surface area is 211 Å². The number of unbranched alkanes of at least 4 members (excludes halogenated alkanes) is 7. The molecule has 0 saturated heterocycles. The fraction of sp³-hybridized carbons (Fsp3) is 0.567. The highest BCUT2D eigenvalue weighted by atomic mass is 16.5. The summed E-state index contributed by atoms with van der Waals surface area (Å²) in [4.78, 5) is 12.6. The molecule has 0 spiro atoms. The number of para-hydroxylation sites is 1. The van der Waals surface area contributed by atoms with Crippen LogP contribution in [-0.4, -0.2) is 20.3 Å². The molecule has 0 fully saturated rings. The molecule has 5 heteroatoms. The summed E-state index contributed by atoms with van der Waals surface area (Å²) in [5, 5.41) is 0.683. The van der Waals surface area contributed by atoms with E-state index in [1.54, 1.807) is 0 Å². The Kier molecular flexibility index (Phi) is 13.1. The van der Waals surface area contributed by atoms with Crippen LogP contribution in [-0.2, 0) is 0 Å². The smallest absolute Gasteiger partial charge is 0.383 e. The lowest BCUT2D eigenvalue weighted by molar-refractivity contribution is 0.279. The van der Waals surface area contributed by atoms with Gasteiger partial charge in [-0.15, -0.1) is 0 Å². The second-order valence-electron chi connectivity index (χ2n) is 9.39. The highest BCUT2D eigenvalue weighted by molar-refractivity contribution is 5.89. The van der Waals surface area contributed by atoms with Crippen molar-refractivity contribution < 1.29 is 18.6 Å². The molecule has 1 heterocycles. The first-order valence-electron chi connectivity index (χ1n) is 13.2. The number of fused-ring (bicyclic) bond motifs is 1. The Morgan fingerprint density at radius 1 is 0.914 bits per heavy atom. The molecule has 2 rings (SSSR count). The van der Waals surface area contributed by atoms with Gasteiger partial charge in [0.25, 0.3) is 0 Å². The summed E-state index contributed by atoms with van der Waals surface area (Å²) < 4.78 is 23.0. The zero-order chi connectivity index (χ0) is 25.5. The first-order chi connectivity index (χ1) is 17.0. The first kappa shape index (κ1) is 28.5. The summed E-state index contributed by atoms with van der Waals surface area (Å²) in [6.07, 6.45) is 16.1. The van der Waals surface area contributed by atoms with E-state index < -0.39 is 5.63 Å². The molecule has 0 unspecified atom stereocenters. The second-order valence-corrected chi connectivity index (χ2v) is 9.39. The normalized spacial score (nSPS) is 11.5. The number of hydrogen-bond donors (Lipinski definition) is 0. The molecule has 0 bridgehead atoms. The minimum Gasteiger partial charge on any atom is -0.489 e. The molecule has 0 aliphatic carbocycles. The molecule has 0 atom stereocenters. The molecule has 0 amide bonds. The highest BCUT2D eigenvalue weighted by Gasteiger charge is 2.19. The van der Waals surface area contributed by atoms with Crippen LogP contribution < -0.4 is 19.8 Å². The summed E-state index contributed by atoms with van der Waals surface area (Å²) in [6, 6.07) is 5.56. The van der Waals surface area contributed by atoms with Crippen molar-refractivity contribution in [2.24, 2.45) is 0 Å². The Hall–Kier alpha value is -2.69. The number of rotatable bonds is 17. The standard InChI is InChI=1S/C30H44O5/c1-6-7-8-9-10-11-12-13-21-34-28-25-18-15-19-26(27(25)35-30(31)29(28)32-5)33-22-20-24(4)17-14-16-23(2)3/h15-16,18-20H,6-14,17,21-22H2,1-5H3/b24-20+. The largest absolute Gasteiger partial charge is 0.489 e. The summed E-state index contributed by atoms with van der Waals surface area (Å²) >= 11 is 0. The molecular formula is C30H44O5. The van der Waals surface area contributed by atoms with Gasteiger partial charge in [0.15, 0.2) is 17.1 Å². The van der Waals surface area contributed by atoms with Crippen LogP contribution in [0.2, 0.25) is 0 Å². The molecule has 0 saturated carbocycles. The molecule has 0 radical (unpaired) electrons. The van der Waals surface area contributed by atoms with Gasteiger partial charge in [0.05, 0.1) is 19.1 Å². The van der Waals surface area contributed by atoms with Crippen LogP contribution in [0, 0.1) is 0 Å². The number of hydrogen-bond acceptors (Lipinski definition) is 5. The van der Waals surface area contributed by atoms with Gasteiger partial charge in [-0.1, -0.05) is 75.2 Å². The molecular weight excluding hydrogens is 440 g/mol. The van der Waals surface area contributed by atoms with Crippen LogP contribution in [0.25, 0.3) is 11.0 Å². The average Bonchev–Trinajstić information content (AvgIpc) is 2.83. The Balaban J connectivity index is 2.03. The third-order valence-electron chi connectivity index (χ3n) is 6.02. The van der Waals surface area contributed by atoms with Crippen molar-refractivity contribution in [1.29, 1.82) is 0 Å². The maximum atomic E-state index is 12.6. The molecule has 5 nitrogen and oxygen atoms in total. The van der Waals surface area contributed by atoms with Crippen LogP contribution in [0.1, 0.15) is 91.9 Å². The number of methoxy groups -OCH3 is 1. The molecule has 0 aliphatic heterocycles. The SMILES string of the molecule is CCCCCCCCCCOc1c(OC)c(=O)oc2c(OC/C=C(\C)CCC=C(C)C)cccc12. The van der Waals surface area contributed by atoms with Crippen molar-refractivity contribution in [2.75, 3.05) is 20.3 Å². The van der Waals surface area contributed by atoms with E-state index in [1.807, 2.05) is 18.2 Å². The molecule has 0 aliphatic rings. The van der Waals surface area contributed by atoms with Gasteiger partial charge in [-0.3, -0.25) is 0 Å². The van der Waals surface area contributed by atoms with Crippen molar-refractivity contribution >= 4 is 11.0 Å². The minimum atomic E-state index is -0.560. The summed E-state index contributed by atoms with van der Waals surface area (Å²) in [6.45, 7) is 9.50. The van der Waals surface area contributed by atoms with Gasteiger partial charge >= 0.3 is 5.63 Å². The lowest BCUT2D eigenvalue weighted by atomic mass is 10.1. The Morgan fingerprint density at radius 3 is 2.31 bits per heavy atom. The van der Waals surface area contributed by atoms with Crippen LogP contribution >= 0.6 is 0 Å². The molecule has 1 aromatic heterocycles. The third kappa shape index (κ3) is 9.83. The zero-order valence-electron chi connectivity index (χ0n) is 22.4. The summed E-state index contributed by atoms with van der Waals surface area (Å²) in [5.41, 5.74) is 2.42. The fourth-order valence-electron chi connectivity index (χ4n) is 3.96. The van der Waals surface area contributed by atoms with E-state index in [2.05, 4.69) is 39.8 Å². The summed E-state index contributed by atoms with van der Waals surface area (Å²) in [7, 11) is 1.46. The van der Waals surface area contributed by atoms with Gasteiger partial charge in [-0.05, 0) is 58.2 Å². The number of allylic oxidation sites excluding steroid dienone is 3. The van der Waals surface area contributed by atoms with E-state index in [0.29, 0.717) is 35.7 Å². The van der Waals surface area contributed by atoms with Gasteiger partial charge in [0.2, 0.25) is 5.75 Å². The van der Waals surface area contributed by atoms with E-state index in [-0.39, 0.29) is 5.75 Å². The Morgan fingerprint density at radius 2 is 1.63 bits per heavy atom. The number of ether oxygens (including phenoxy) is 3. The topological polar surface area (TPSA) is 57.9 Å². The average molecular weight is 485 g/mol. The second kappa shape index (κ2) is 16.1. The molecule has 194 valence electrons. The Bertz CT molecular complexity index is 1010. The highest BCUT2D eigenvalue weighted by Crippen LogP contribution is 2.37. The van der Waals surface area contributed by atoms with E-state index >= 15 is 0 Å². The van der Waals surface area contributed by atoms with Crippen molar-refractivity contribution in [1.82, 2.24) is 0 Å². The lowest BCUT2D eigenvalue weighted by Gasteiger charge is -2.14. The van der Waals surface area contributed by atoms with Crippen molar-refractivity contribution in [3.63, 3.8) is 0 Å². The van der Waals surface area contributed by atoms with Crippen molar-refractivity contribution in [3.05, 3.63) is 51.9 Å². The zero-order valence-corrected chi connectivity index (χ0v) is 22.4. The van der Waals surface area contributed by atoms with Crippen LogP contribution in [0.15, 0.2) is 50.7 Å². The van der Waals surface area contributed by atoms with Crippen LogP contribution in [0.3, 0.4) is 0 Å². The van der Waals surface area contributed by atoms with Gasteiger partial charge < -0.3 is 18.6 Å². The van der Waals surface area contributed by atoms with Crippen LogP contribution in [0.5, 0.6) is 17.2 Å². The van der Waals surface area contributed by atoms with E-state index in [1.165, 1.54) is 56.8 Å². The van der Waals surface area contributed by atoms with Gasteiger partial charge in [-0.2, -0.15) is 0 Å². The quantitative estimate of drug-likeness (QED) is 0.128. The van der Waals surface area contributed by atoms with E-state index in [0.717, 1.165) is 25.7 Å². The number of benzene rings is 1. The van der Waals surface area contributed by atoms with E-state index in [4.69, 9.17) is 18.6 Å². The van der Waals surface area contributed by atoms with Crippen molar-refractivity contribution in [3.8, 4) is 17.2 Å². The van der Waals surface area contributed by atoms with Crippen LogP contribution in [0.4, 0.5) is 0 Å². The van der Waals surface area contributed by atoms with Crippen molar-refractivity contribution in [2.45, 2.75) is 91.9 Å². The predicted octanol–water partition coefficient (Wildman–Crippen LogP) is 8.39. The predicted molar refractivity (Wildman–Crippen MR) is 145 cm³/mol. The maximum Gasteiger partial charge on any atom is 0.383 e. The summed E-state index contributed by atoms with van der Waals surface area (Å²) in [5.74, 6) is 1.05. The molecule has 0 N–H and O–H groups in total. The molecule has 2 aromatic rings.